The minimum Gasteiger partial charge on any atom is -0.479 e. The van der Waals surface area contributed by atoms with E-state index in [1.165, 1.54) is 0 Å². The molecule has 0 aromatic heterocycles. The molecule has 1 fully saturated rings. The van der Waals surface area contributed by atoms with E-state index in [0.29, 0.717) is 17.7 Å². The van der Waals surface area contributed by atoms with Crippen LogP contribution in [0.1, 0.15) is 36.5 Å². The van der Waals surface area contributed by atoms with Gasteiger partial charge in [-0.15, -0.1) is 0 Å². The number of carboxylic acid groups (broad SMARTS) is 1. The van der Waals surface area contributed by atoms with Crippen LogP contribution in [0.4, 0.5) is 0 Å². The van der Waals surface area contributed by atoms with E-state index in [1.54, 1.807) is 31.2 Å². The Morgan fingerprint density at radius 3 is 2.39 bits per heavy atom. The van der Waals surface area contributed by atoms with Gasteiger partial charge >= 0.3 is 5.97 Å². The molecule has 0 heterocycles. The molecule has 1 N–H and O–H groups in total. The zero-order chi connectivity index (χ0) is 13.1. The summed E-state index contributed by atoms with van der Waals surface area (Å²) in [7, 11) is 0. The minimum absolute atomic E-state index is 0.173. The molecule has 0 amide bonds. The monoisotopic (exact) mass is 248 g/mol. The molecular formula is C14H16O4. The van der Waals surface area contributed by atoms with E-state index >= 15 is 0 Å². The van der Waals surface area contributed by atoms with Crippen LogP contribution in [-0.4, -0.2) is 23.0 Å². The van der Waals surface area contributed by atoms with Crippen LogP contribution in [0.5, 0.6) is 5.75 Å². The van der Waals surface area contributed by atoms with Crippen molar-refractivity contribution in [3.8, 4) is 5.75 Å². The molecule has 18 heavy (non-hydrogen) atoms. The maximum Gasteiger partial charge on any atom is 0.344 e. The van der Waals surface area contributed by atoms with E-state index in [2.05, 4.69) is 0 Å². The van der Waals surface area contributed by atoms with Gasteiger partial charge in [-0.05, 0) is 43.5 Å². The summed E-state index contributed by atoms with van der Waals surface area (Å²) in [5.41, 5.74) is 0.674. The van der Waals surface area contributed by atoms with Crippen molar-refractivity contribution in [2.24, 2.45) is 5.92 Å². The lowest BCUT2D eigenvalue weighted by Crippen LogP contribution is -2.25. The SMILES string of the molecule is CC[C@@H](Oc1ccc(C(=O)C2CC2)cc1)C(=O)O. The van der Waals surface area contributed by atoms with Crippen molar-refractivity contribution in [2.75, 3.05) is 0 Å². The lowest BCUT2D eigenvalue weighted by atomic mass is 10.1. The van der Waals surface area contributed by atoms with Gasteiger partial charge < -0.3 is 9.84 Å². The van der Waals surface area contributed by atoms with Gasteiger partial charge in [0, 0.05) is 11.5 Å². The molecular weight excluding hydrogens is 232 g/mol. The predicted octanol–water partition coefficient (Wildman–Crippen LogP) is 2.52. The van der Waals surface area contributed by atoms with Gasteiger partial charge in [-0.25, -0.2) is 4.79 Å². The molecule has 0 radical (unpaired) electrons. The number of hydrogen-bond donors (Lipinski definition) is 1. The zero-order valence-electron chi connectivity index (χ0n) is 10.3. The van der Waals surface area contributed by atoms with E-state index in [0.717, 1.165) is 12.8 Å². The number of carbonyl (C=O) groups is 2. The molecule has 1 aromatic rings. The third-order valence-corrected chi connectivity index (χ3v) is 3.01. The Balaban J connectivity index is 2.02. The summed E-state index contributed by atoms with van der Waals surface area (Å²) in [6.07, 6.45) is 1.52. The number of Topliss-reactive ketones (excluding diaryl/α,β-unsaturated/α-hetero) is 1. The van der Waals surface area contributed by atoms with Gasteiger partial charge in [-0.2, -0.15) is 0 Å². The van der Waals surface area contributed by atoms with Crippen molar-refractivity contribution in [1.29, 1.82) is 0 Å². The van der Waals surface area contributed by atoms with Gasteiger partial charge in [0.1, 0.15) is 5.75 Å². The Labute approximate surface area is 106 Å². The molecule has 0 aliphatic heterocycles. The molecule has 1 saturated carbocycles. The summed E-state index contributed by atoms with van der Waals surface area (Å²) < 4.78 is 5.33. The number of rotatable bonds is 6. The van der Waals surface area contributed by atoms with Crippen molar-refractivity contribution < 1.29 is 19.4 Å². The van der Waals surface area contributed by atoms with Gasteiger partial charge in [-0.3, -0.25) is 4.79 Å². The van der Waals surface area contributed by atoms with Crippen LogP contribution in [0.25, 0.3) is 0 Å². The number of benzene rings is 1. The zero-order valence-corrected chi connectivity index (χ0v) is 10.3. The number of carboxylic acids is 1. The van der Waals surface area contributed by atoms with E-state index < -0.39 is 12.1 Å². The van der Waals surface area contributed by atoms with Crippen LogP contribution >= 0.6 is 0 Å². The first-order chi connectivity index (χ1) is 8.61. The second kappa shape index (κ2) is 5.21. The average Bonchev–Trinajstić information content (AvgIpc) is 3.19. The fraction of sp³-hybridized carbons (Fsp3) is 0.429. The second-order valence-corrected chi connectivity index (χ2v) is 4.52. The first kappa shape index (κ1) is 12.6. The maximum absolute atomic E-state index is 11.8. The Morgan fingerprint density at radius 2 is 1.94 bits per heavy atom. The molecule has 96 valence electrons. The first-order valence-electron chi connectivity index (χ1n) is 6.15. The average molecular weight is 248 g/mol. The lowest BCUT2D eigenvalue weighted by Gasteiger charge is -2.13. The van der Waals surface area contributed by atoms with Crippen molar-refractivity contribution in [2.45, 2.75) is 32.3 Å². The standard InChI is InChI=1S/C14H16O4/c1-2-12(14(16)17)18-11-7-5-10(6-8-11)13(15)9-3-4-9/h5-9,12H,2-4H2,1H3,(H,16,17)/t12-/m1/s1. The Morgan fingerprint density at radius 1 is 1.33 bits per heavy atom. The molecule has 0 unspecified atom stereocenters. The molecule has 0 bridgehead atoms. The lowest BCUT2D eigenvalue weighted by molar-refractivity contribution is -0.145. The number of aliphatic carboxylic acids is 1. The topological polar surface area (TPSA) is 63.6 Å². The van der Waals surface area contributed by atoms with Gasteiger partial charge in [0.05, 0.1) is 0 Å². The fourth-order valence-electron chi connectivity index (χ4n) is 1.75. The third-order valence-electron chi connectivity index (χ3n) is 3.01. The largest absolute Gasteiger partial charge is 0.479 e. The van der Waals surface area contributed by atoms with Crippen molar-refractivity contribution in [1.82, 2.24) is 0 Å². The molecule has 1 aromatic carbocycles. The summed E-state index contributed by atoms with van der Waals surface area (Å²) in [5, 5.41) is 8.88. The molecule has 1 aliphatic rings. The highest BCUT2D eigenvalue weighted by atomic mass is 16.5. The highest BCUT2D eigenvalue weighted by molar-refractivity contribution is 5.99. The summed E-state index contributed by atoms with van der Waals surface area (Å²) in [4.78, 5) is 22.6. The Kier molecular flexibility index (Phi) is 3.65. The smallest absolute Gasteiger partial charge is 0.344 e. The Hall–Kier alpha value is -1.84. The van der Waals surface area contributed by atoms with Gasteiger partial charge in [0.15, 0.2) is 11.9 Å². The fourth-order valence-corrected chi connectivity index (χ4v) is 1.75. The second-order valence-electron chi connectivity index (χ2n) is 4.52. The molecule has 4 nitrogen and oxygen atoms in total. The first-order valence-corrected chi connectivity index (χ1v) is 6.15. The molecule has 2 rings (SSSR count). The van der Waals surface area contributed by atoms with Gasteiger partial charge in [0.25, 0.3) is 0 Å². The van der Waals surface area contributed by atoms with Crippen LogP contribution < -0.4 is 4.74 Å². The van der Waals surface area contributed by atoms with Crippen LogP contribution in [-0.2, 0) is 4.79 Å². The number of hydrogen-bond acceptors (Lipinski definition) is 3. The molecule has 0 saturated heterocycles. The number of carbonyl (C=O) groups excluding carboxylic acids is 1. The van der Waals surface area contributed by atoms with Crippen molar-refractivity contribution in [3.05, 3.63) is 29.8 Å². The number of ketones is 1. The molecule has 1 aliphatic carbocycles. The third kappa shape index (κ3) is 2.88. The van der Waals surface area contributed by atoms with Crippen LogP contribution in [0.3, 0.4) is 0 Å². The summed E-state index contributed by atoms with van der Waals surface area (Å²) in [6.45, 7) is 1.75. The molecule has 4 heteroatoms. The van der Waals surface area contributed by atoms with E-state index in [9.17, 15) is 9.59 Å². The van der Waals surface area contributed by atoms with Crippen molar-refractivity contribution in [3.63, 3.8) is 0 Å². The van der Waals surface area contributed by atoms with Crippen LogP contribution in [0.2, 0.25) is 0 Å². The normalized spacial score (nSPS) is 16.1. The van der Waals surface area contributed by atoms with Gasteiger partial charge in [-0.1, -0.05) is 6.92 Å². The van der Waals surface area contributed by atoms with E-state index in [4.69, 9.17) is 9.84 Å². The number of ether oxygens (including phenoxy) is 1. The van der Waals surface area contributed by atoms with Gasteiger partial charge in [0.2, 0.25) is 0 Å². The van der Waals surface area contributed by atoms with Crippen molar-refractivity contribution >= 4 is 11.8 Å². The van der Waals surface area contributed by atoms with Crippen LogP contribution in [0, 0.1) is 5.92 Å². The van der Waals surface area contributed by atoms with E-state index in [-0.39, 0.29) is 11.7 Å². The molecule has 1 atom stereocenters. The summed E-state index contributed by atoms with van der Waals surface area (Å²) >= 11 is 0. The van der Waals surface area contributed by atoms with E-state index in [1.807, 2.05) is 0 Å². The highest BCUT2D eigenvalue weighted by Crippen LogP contribution is 2.32. The van der Waals surface area contributed by atoms with Crippen LogP contribution in [0.15, 0.2) is 24.3 Å². The summed E-state index contributed by atoms with van der Waals surface area (Å²) in [6, 6.07) is 6.71. The highest BCUT2D eigenvalue weighted by Gasteiger charge is 2.30. The quantitative estimate of drug-likeness (QED) is 0.786. The minimum atomic E-state index is -0.976. The molecule has 0 spiro atoms. The Bertz CT molecular complexity index is 445. The summed E-state index contributed by atoms with van der Waals surface area (Å²) in [5.74, 6) is -0.127. The maximum atomic E-state index is 11.8. The predicted molar refractivity (Wildman–Crippen MR) is 65.8 cm³/mol.